The molecule has 1 heterocycles. The Kier molecular flexibility index (Phi) is 2.68. The van der Waals surface area contributed by atoms with Gasteiger partial charge in [0, 0.05) is 12.0 Å². The average molecular weight is 221 g/mol. The van der Waals surface area contributed by atoms with Crippen LogP contribution < -0.4 is 4.87 Å². The van der Waals surface area contributed by atoms with Crippen molar-refractivity contribution in [2.24, 2.45) is 0 Å². The van der Waals surface area contributed by atoms with Gasteiger partial charge in [0.2, 0.25) is 0 Å². The van der Waals surface area contributed by atoms with Gasteiger partial charge in [-0.3, -0.25) is 9.59 Å². The van der Waals surface area contributed by atoms with Gasteiger partial charge in [-0.15, -0.1) is 0 Å². The fraction of sp³-hybridized carbons (Fsp3) is 0.273. The number of carbonyl (C=O) groups excluding carboxylic acids is 1. The Bertz CT molecular complexity index is 553. The predicted molar refractivity (Wildman–Crippen MR) is 61.7 cm³/mol. The van der Waals surface area contributed by atoms with Crippen molar-refractivity contribution < 1.29 is 4.79 Å². The third-order valence-electron chi connectivity index (χ3n) is 2.22. The summed E-state index contributed by atoms with van der Waals surface area (Å²) in [4.78, 5) is 25.3. The van der Waals surface area contributed by atoms with Crippen LogP contribution >= 0.6 is 11.3 Å². The molecule has 0 fully saturated rings. The minimum absolute atomic E-state index is 0.0786. The molecular weight excluding hydrogens is 210 g/mol. The third kappa shape index (κ3) is 1.99. The van der Waals surface area contributed by atoms with E-state index in [-0.39, 0.29) is 10.7 Å². The molecule has 3 nitrogen and oxygen atoms in total. The van der Waals surface area contributed by atoms with E-state index < -0.39 is 0 Å². The minimum Gasteiger partial charge on any atom is -0.312 e. The molecule has 0 amide bonds. The Morgan fingerprint density at radius 3 is 3.00 bits per heavy atom. The SMILES string of the molecule is CCCC(=O)c1ccc2[nH]c(=O)sc2c1. The van der Waals surface area contributed by atoms with Crippen LogP contribution in [0, 0.1) is 0 Å². The third-order valence-corrected chi connectivity index (χ3v) is 3.07. The van der Waals surface area contributed by atoms with Crippen LogP contribution in [0.4, 0.5) is 0 Å². The summed E-state index contributed by atoms with van der Waals surface area (Å²) in [5.41, 5.74) is 1.50. The van der Waals surface area contributed by atoms with Crippen LogP contribution in [0.2, 0.25) is 0 Å². The van der Waals surface area contributed by atoms with Gasteiger partial charge < -0.3 is 4.98 Å². The minimum atomic E-state index is -0.0786. The second-order valence-corrected chi connectivity index (χ2v) is 4.41. The summed E-state index contributed by atoms with van der Waals surface area (Å²) in [5.74, 6) is 0.139. The van der Waals surface area contributed by atoms with Crippen LogP contribution in [0.25, 0.3) is 10.2 Å². The summed E-state index contributed by atoms with van der Waals surface area (Å²) in [6.45, 7) is 1.98. The van der Waals surface area contributed by atoms with Crippen molar-refractivity contribution in [1.29, 1.82) is 0 Å². The quantitative estimate of drug-likeness (QED) is 0.810. The first-order valence-corrected chi connectivity index (χ1v) is 5.68. The van der Waals surface area contributed by atoms with Gasteiger partial charge in [0.15, 0.2) is 5.78 Å². The molecule has 0 aliphatic carbocycles. The van der Waals surface area contributed by atoms with Gasteiger partial charge in [0.25, 0.3) is 0 Å². The summed E-state index contributed by atoms with van der Waals surface area (Å²) in [5, 5.41) is 0. The second kappa shape index (κ2) is 3.98. The van der Waals surface area contributed by atoms with E-state index in [1.165, 1.54) is 0 Å². The Labute approximate surface area is 90.8 Å². The smallest absolute Gasteiger partial charge is 0.305 e. The van der Waals surface area contributed by atoms with E-state index in [1.807, 2.05) is 6.92 Å². The maximum atomic E-state index is 11.6. The van der Waals surface area contributed by atoms with Gasteiger partial charge in [0.05, 0.1) is 10.2 Å². The molecule has 1 aromatic carbocycles. The lowest BCUT2D eigenvalue weighted by atomic mass is 10.1. The molecule has 2 rings (SSSR count). The van der Waals surface area contributed by atoms with Gasteiger partial charge in [-0.1, -0.05) is 18.3 Å². The second-order valence-electron chi connectivity index (χ2n) is 3.40. The number of benzene rings is 1. The molecule has 0 saturated carbocycles. The summed E-state index contributed by atoms with van der Waals surface area (Å²) in [6, 6.07) is 5.34. The number of hydrogen-bond acceptors (Lipinski definition) is 3. The van der Waals surface area contributed by atoms with E-state index >= 15 is 0 Å². The monoisotopic (exact) mass is 221 g/mol. The topological polar surface area (TPSA) is 49.9 Å². The Morgan fingerprint density at radius 1 is 1.47 bits per heavy atom. The first-order chi connectivity index (χ1) is 7.20. The Hall–Kier alpha value is -1.42. The van der Waals surface area contributed by atoms with Crippen LogP contribution in [-0.4, -0.2) is 10.8 Å². The van der Waals surface area contributed by atoms with Crippen LogP contribution in [0.3, 0.4) is 0 Å². The number of hydrogen-bond donors (Lipinski definition) is 1. The molecule has 0 saturated heterocycles. The highest BCUT2D eigenvalue weighted by molar-refractivity contribution is 7.16. The largest absolute Gasteiger partial charge is 0.312 e. The van der Waals surface area contributed by atoms with Crippen molar-refractivity contribution in [3.05, 3.63) is 33.4 Å². The van der Waals surface area contributed by atoms with Gasteiger partial charge in [-0.2, -0.15) is 0 Å². The van der Waals surface area contributed by atoms with Gasteiger partial charge >= 0.3 is 4.87 Å². The zero-order valence-electron chi connectivity index (χ0n) is 8.37. The molecule has 0 spiro atoms. The highest BCUT2D eigenvalue weighted by Gasteiger charge is 2.06. The van der Waals surface area contributed by atoms with Crippen molar-refractivity contribution in [1.82, 2.24) is 4.98 Å². The van der Waals surface area contributed by atoms with E-state index in [0.29, 0.717) is 12.0 Å². The summed E-state index contributed by atoms with van der Waals surface area (Å²) >= 11 is 1.14. The fourth-order valence-corrected chi connectivity index (χ4v) is 2.27. The van der Waals surface area contributed by atoms with Crippen molar-refractivity contribution in [3.8, 4) is 0 Å². The van der Waals surface area contributed by atoms with E-state index in [4.69, 9.17) is 0 Å². The Balaban J connectivity index is 2.46. The first kappa shape index (κ1) is 10.1. The highest BCUT2D eigenvalue weighted by atomic mass is 32.1. The van der Waals surface area contributed by atoms with Crippen molar-refractivity contribution >= 4 is 27.3 Å². The zero-order chi connectivity index (χ0) is 10.8. The molecular formula is C11H11NO2S. The maximum absolute atomic E-state index is 11.6. The lowest BCUT2D eigenvalue weighted by molar-refractivity contribution is 0.0982. The number of aromatic amines is 1. The fourth-order valence-electron chi connectivity index (χ4n) is 1.49. The van der Waals surface area contributed by atoms with Gasteiger partial charge in [0.1, 0.15) is 0 Å². The van der Waals surface area contributed by atoms with Crippen LogP contribution in [0.5, 0.6) is 0 Å². The molecule has 0 unspecified atom stereocenters. The van der Waals surface area contributed by atoms with Crippen LogP contribution in [0.1, 0.15) is 30.1 Å². The molecule has 0 aliphatic heterocycles. The Morgan fingerprint density at radius 2 is 2.27 bits per heavy atom. The number of thiazole rings is 1. The van der Waals surface area contributed by atoms with E-state index in [9.17, 15) is 9.59 Å². The molecule has 4 heteroatoms. The van der Waals surface area contributed by atoms with Crippen LogP contribution in [0.15, 0.2) is 23.0 Å². The summed E-state index contributed by atoms with van der Waals surface area (Å²) < 4.78 is 0.849. The number of carbonyl (C=O) groups is 1. The molecule has 0 atom stereocenters. The zero-order valence-corrected chi connectivity index (χ0v) is 9.19. The number of rotatable bonds is 3. The van der Waals surface area contributed by atoms with Gasteiger partial charge in [-0.05, 0) is 24.6 Å². The average Bonchev–Trinajstić information content (AvgIpc) is 2.57. The van der Waals surface area contributed by atoms with E-state index in [2.05, 4.69) is 4.98 Å². The van der Waals surface area contributed by atoms with Crippen molar-refractivity contribution in [2.45, 2.75) is 19.8 Å². The molecule has 2 aromatic rings. The maximum Gasteiger partial charge on any atom is 0.305 e. The van der Waals surface area contributed by atoms with E-state index in [1.54, 1.807) is 18.2 Å². The number of ketones is 1. The summed E-state index contributed by atoms with van der Waals surface area (Å²) in [6.07, 6.45) is 1.41. The lowest BCUT2D eigenvalue weighted by Gasteiger charge is -1.98. The van der Waals surface area contributed by atoms with E-state index in [0.717, 1.165) is 28.0 Å². The van der Waals surface area contributed by atoms with Crippen molar-refractivity contribution in [2.75, 3.05) is 0 Å². The first-order valence-electron chi connectivity index (χ1n) is 4.87. The highest BCUT2D eigenvalue weighted by Crippen LogP contribution is 2.17. The number of nitrogens with one attached hydrogen (secondary N) is 1. The normalized spacial score (nSPS) is 10.7. The molecule has 1 aromatic heterocycles. The standard InChI is InChI=1S/C11H11NO2S/c1-2-3-9(13)7-4-5-8-10(6-7)15-11(14)12-8/h4-6H,2-3H2,1H3,(H,12,14). The van der Waals surface area contributed by atoms with Crippen molar-refractivity contribution in [3.63, 3.8) is 0 Å². The van der Waals surface area contributed by atoms with Crippen LogP contribution in [-0.2, 0) is 0 Å². The molecule has 78 valence electrons. The number of Topliss-reactive ketones (excluding diaryl/α,β-unsaturated/α-hetero) is 1. The van der Waals surface area contributed by atoms with Gasteiger partial charge in [-0.25, -0.2) is 0 Å². The molecule has 0 aliphatic rings. The number of aromatic nitrogens is 1. The predicted octanol–water partition coefficient (Wildman–Crippen LogP) is 2.57. The number of fused-ring (bicyclic) bond motifs is 1. The molecule has 0 radical (unpaired) electrons. The molecule has 1 N–H and O–H groups in total. The molecule has 0 bridgehead atoms. The molecule has 15 heavy (non-hydrogen) atoms. The number of H-pyrrole nitrogens is 1. The summed E-state index contributed by atoms with van der Waals surface area (Å²) in [7, 11) is 0. The lowest BCUT2D eigenvalue weighted by Crippen LogP contribution is -1.97.